The maximum absolute atomic E-state index is 12.2. The molecule has 2 aliphatic rings. The normalized spacial score (nSPS) is 19.3. The van der Waals surface area contributed by atoms with Gasteiger partial charge >= 0.3 is 0 Å². The number of anilines is 2. The van der Waals surface area contributed by atoms with Crippen LogP contribution in [0.15, 0.2) is 24.3 Å². The molecular weight excluding hydrogens is 290 g/mol. The zero-order chi connectivity index (χ0) is 16.2. The number of hydrogen-bond acceptors (Lipinski definition) is 3. The Bertz CT molecular complexity index is 558. The van der Waals surface area contributed by atoms with E-state index >= 15 is 0 Å². The van der Waals surface area contributed by atoms with Gasteiger partial charge in [-0.2, -0.15) is 0 Å². The van der Waals surface area contributed by atoms with E-state index in [0.29, 0.717) is 12.3 Å². The maximum atomic E-state index is 12.2. The van der Waals surface area contributed by atoms with Crippen molar-refractivity contribution < 1.29 is 9.59 Å². The Balaban J connectivity index is 1.43. The molecule has 1 saturated carbocycles. The number of piperidine rings is 1. The number of benzene rings is 1. The molecule has 0 radical (unpaired) electrons. The van der Waals surface area contributed by atoms with Crippen molar-refractivity contribution >= 4 is 23.2 Å². The molecule has 2 amide bonds. The largest absolute Gasteiger partial charge is 0.326 e. The smallest absolute Gasteiger partial charge is 0.224 e. The lowest BCUT2D eigenvalue weighted by atomic mass is 9.93. The maximum Gasteiger partial charge on any atom is 0.224 e. The summed E-state index contributed by atoms with van der Waals surface area (Å²) < 4.78 is 0. The minimum absolute atomic E-state index is 0.0853. The van der Waals surface area contributed by atoms with E-state index in [1.165, 1.54) is 19.8 Å². The number of nitrogens with zero attached hydrogens (tertiary/aromatic N) is 1. The van der Waals surface area contributed by atoms with E-state index in [2.05, 4.69) is 15.5 Å². The van der Waals surface area contributed by atoms with Crippen LogP contribution in [0.4, 0.5) is 11.4 Å². The number of likely N-dealkylation sites (tertiary alicyclic amines) is 1. The Morgan fingerprint density at radius 3 is 2.09 bits per heavy atom. The summed E-state index contributed by atoms with van der Waals surface area (Å²) in [6, 6.07) is 8.07. The van der Waals surface area contributed by atoms with E-state index in [0.717, 1.165) is 43.3 Å². The zero-order valence-corrected chi connectivity index (χ0v) is 13.7. The van der Waals surface area contributed by atoms with Gasteiger partial charge in [0.2, 0.25) is 11.8 Å². The van der Waals surface area contributed by atoms with Crippen molar-refractivity contribution in [1.82, 2.24) is 4.90 Å². The fourth-order valence-electron chi connectivity index (χ4n) is 3.28. The van der Waals surface area contributed by atoms with Gasteiger partial charge in [0.15, 0.2) is 0 Å². The minimum Gasteiger partial charge on any atom is -0.326 e. The van der Waals surface area contributed by atoms with Crippen molar-refractivity contribution in [2.75, 3.05) is 23.7 Å². The number of carbonyl (C=O) groups is 2. The SMILES string of the molecule is CC(=O)Nc1ccc(NC(=O)CC2CCN(C3CC3)CC2)cc1. The lowest BCUT2D eigenvalue weighted by Crippen LogP contribution is -2.36. The molecule has 1 aliphatic carbocycles. The highest BCUT2D eigenvalue weighted by Gasteiger charge is 2.32. The van der Waals surface area contributed by atoms with Crippen LogP contribution < -0.4 is 10.6 Å². The van der Waals surface area contributed by atoms with Gasteiger partial charge in [-0.15, -0.1) is 0 Å². The fourth-order valence-corrected chi connectivity index (χ4v) is 3.28. The third-order valence-electron chi connectivity index (χ3n) is 4.68. The summed E-state index contributed by atoms with van der Waals surface area (Å²) in [7, 11) is 0. The quantitative estimate of drug-likeness (QED) is 0.878. The predicted molar refractivity (Wildman–Crippen MR) is 91.3 cm³/mol. The molecule has 2 fully saturated rings. The molecular formula is C18H25N3O2. The standard InChI is InChI=1S/C18H25N3O2/c1-13(22)19-15-2-4-16(5-3-15)20-18(23)12-14-8-10-21(11-9-14)17-6-7-17/h2-5,14,17H,6-12H2,1H3,(H,19,22)(H,20,23). The first kappa shape index (κ1) is 16.0. The van der Waals surface area contributed by atoms with Crippen LogP contribution in [0.5, 0.6) is 0 Å². The summed E-state index contributed by atoms with van der Waals surface area (Å²) in [6.07, 6.45) is 5.59. The number of carbonyl (C=O) groups excluding carboxylic acids is 2. The van der Waals surface area contributed by atoms with Crippen molar-refractivity contribution in [1.29, 1.82) is 0 Å². The fraction of sp³-hybridized carbons (Fsp3) is 0.556. The topological polar surface area (TPSA) is 61.4 Å². The monoisotopic (exact) mass is 315 g/mol. The van der Waals surface area contributed by atoms with Gasteiger partial charge in [0, 0.05) is 30.8 Å². The Labute approximate surface area is 137 Å². The molecule has 0 atom stereocenters. The van der Waals surface area contributed by atoms with Crippen LogP contribution >= 0.6 is 0 Å². The van der Waals surface area contributed by atoms with Crippen molar-refractivity contribution in [2.45, 2.75) is 45.1 Å². The third-order valence-corrected chi connectivity index (χ3v) is 4.68. The van der Waals surface area contributed by atoms with Crippen LogP contribution in [0.3, 0.4) is 0 Å². The molecule has 3 rings (SSSR count). The minimum atomic E-state index is -0.0978. The predicted octanol–water partition coefficient (Wildman–Crippen LogP) is 2.85. The first-order valence-electron chi connectivity index (χ1n) is 8.52. The Kier molecular flexibility index (Phi) is 4.96. The van der Waals surface area contributed by atoms with Crippen LogP contribution in [0.2, 0.25) is 0 Å². The van der Waals surface area contributed by atoms with Gasteiger partial charge in [0.05, 0.1) is 0 Å². The van der Waals surface area contributed by atoms with Gasteiger partial charge < -0.3 is 15.5 Å². The summed E-state index contributed by atoms with van der Waals surface area (Å²) in [6.45, 7) is 3.77. The molecule has 0 unspecified atom stereocenters. The molecule has 5 nitrogen and oxygen atoms in total. The summed E-state index contributed by atoms with van der Waals surface area (Å²) >= 11 is 0. The average molecular weight is 315 g/mol. The van der Waals surface area contributed by atoms with E-state index in [-0.39, 0.29) is 11.8 Å². The van der Waals surface area contributed by atoms with Gasteiger partial charge in [0.25, 0.3) is 0 Å². The molecule has 0 bridgehead atoms. The summed E-state index contributed by atoms with van der Waals surface area (Å²) in [5.74, 6) is 0.491. The molecule has 1 saturated heterocycles. The van der Waals surface area contributed by atoms with Gasteiger partial charge in [-0.05, 0) is 69.0 Å². The van der Waals surface area contributed by atoms with Gasteiger partial charge in [-0.25, -0.2) is 0 Å². The molecule has 1 aliphatic heterocycles. The number of hydrogen-bond donors (Lipinski definition) is 2. The highest BCUT2D eigenvalue weighted by Crippen LogP contribution is 2.31. The van der Waals surface area contributed by atoms with Crippen molar-refractivity contribution in [3.63, 3.8) is 0 Å². The summed E-state index contributed by atoms with van der Waals surface area (Å²) in [5.41, 5.74) is 1.52. The van der Waals surface area contributed by atoms with Gasteiger partial charge in [-0.1, -0.05) is 0 Å². The van der Waals surface area contributed by atoms with Gasteiger partial charge in [-0.3, -0.25) is 9.59 Å². The molecule has 124 valence electrons. The van der Waals surface area contributed by atoms with E-state index in [1.54, 1.807) is 12.1 Å². The average Bonchev–Trinajstić information content (AvgIpc) is 3.34. The van der Waals surface area contributed by atoms with Crippen molar-refractivity contribution in [3.05, 3.63) is 24.3 Å². The lowest BCUT2D eigenvalue weighted by molar-refractivity contribution is -0.117. The molecule has 23 heavy (non-hydrogen) atoms. The molecule has 1 heterocycles. The molecule has 1 aromatic carbocycles. The zero-order valence-electron chi connectivity index (χ0n) is 13.7. The van der Waals surface area contributed by atoms with E-state index in [4.69, 9.17) is 0 Å². The van der Waals surface area contributed by atoms with Crippen LogP contribution in [-0.2, 0) is 9.59 Å². The van der Waals surface area contributed by atoms with Crippen LogP contribution in [0.25, 0.3) is 0 Å². The lowest BCUT2D eigenvalue weighted by Gasteiger charge is -2.31. The van der Waals surface area contributed by atoms with Crippen LogP contribution in [0, 0.1) is 5.92 Å². The molecule has 0 spiro atoms. The second kappa shape index (κ2) is 7.13. The third kappa shape index (κ3) is 4.79. The van der Waals surface area contributed by atoms with Gasteiger partial charge in [0.1, 0.15) is 0 Å². The van der Waals surface area contributed by atoms with E-state index in [1.807, 2.05) is 12.1 Å². The highest BCUT2D eigenvalue weighted by atomic mass is 16.2. The van der Waals surface area contributed by atoms with E-state index in [9.17, 15) is 9.59 Å². The molecule has 2 N–H and O–H groups in total. The number of nitrogens with one attached hydrogen (secondary N) is 2. The van der Waals surface area contributed by atoms with Crippen molar-refractivity contribution in [3.8, 4) is 0 Å². The Morgan fingerprint density at radius 2 is 1.57 bits per heavy atom. The first-order chi connectivity index (χ1) is 11.1. The van der Waals surface area contributed by atoms with E-state index < -0.39 is 0 Å². The van der Waals surface area contributed by atoms with Crippen LogP contribution in [0.1, 0.15) is 39.0 Å². The second-order valence-electron chi connectivity index (χ2n) is 6.72. The number of amides is 2. The first-order valence-corrected chi connectivity index (χ1v) is 8.52. The Morgan fingerprint density at radius 1 is 1.00 bits per heavy atom. The van der Waals surface area contributed by atoms with Crippen LogP contribution in [-0.4, -0.2) is 35.8 Å². The molecule has 5 heteroatoms. The Hall–Kier alpha value is -1.88. The molecule has 1 aromatic rings. The second-order valence-corrected chi connectivity index (χ2v) is 6.72. The highest BCUT2D eigenvalue weighted by molar-refractivity contribution is 5.92. The summed E-state index contributed by atoms with van der Waals surface area (Å²) in [4.78, 5) is 25.7. The molecule has 0 aromatic heterocycles. The number of rotatable bonds is 5. The summed E-state index contributed by atoms with van der Waals surface area (Å²) in [5, 5.41) is 5.66. The van der Waals surface area contributed by atoms with Crippen molar-refractivity contribution in [2.24, 2.45) is 5.92 Å².